The van der Waals surface area contributed by atoms with Crippen molar-refractivity contribution in [1.29, 1.82) is 0 Å². The van der Waals surface area contributed by atoms with Crippen molar-refractivity contribution in [2.75, 3.05) is 7.11 Å². The number of esters is 1. The fourth-order valence-electron chi connectivity index (χ4n) is 1.22. The van der Waals surface area contributed by atoms with Crippen LogP contribution >= 0.6 is 0 Å². The molecule has 2 aromatic carbocycles. The molecule has 0 heterocycles. The summed E-state index contributed by atoms with van der Waals surface area (Å²) in [4.78, 5) is 10.8. The Hall–Kier alpha value is -2.09. The van der Waals surface area contributed by atoms with Crippen LogP contribution in [0.4, 0.5) is 0 Å². The lowest BCUT2D eigenvalue weighted by atomic mass is 10.2. The summed E-state index contributed by atoms with van der Waals surface area (Å²) in [7, 11) is 1.39. The van der Waals surface area contributed by atoms with E-state index in [1.165, 1.54) is 7.11 Å². The highest BCUT2D eigenvalue weighted by Gasteiger charge is 1.99. The fourth-order valence-corrected chi connectivity index (χ4v) is 1.22. The zero-order valence-electron chi connectivity index (χ0n) is 9.87. The van der Waals surface area contributed by atoms with E-state index in [-0.39, 0.29) is 5.97 Å². The molecule has 0 aliphatic carbocycles. The highest BCUT2D eigenvalue weighted by Crippen LogP contribution is 1.99. The van der Waals surface area contributed by atoms with Crippen molar-refractivity contribution in [2.45, 2.75) is 6.42 Å². The average Bonchev–Trinajstić information content (AvgIpc) is 2.42. The van der Waals surface area contributed by atoms with Crippen LogP contribution < -0.4 is 0 Å². The predicted octanol–water partition coefficient (Wildman–Crippen LogP) is 3.09. The summed E-state index contributed by atoms with van der Waals surface area (Å²) in [6.07, 6.45) is 0.358. The van der Waals surface area contributed by atoms with Gasteiger partial charge in [0.2, 0.25) is 0 Å². The average molecular weight is 228 g/mol. The Kier molecular flexibility index (Phi) is 6.19. The quantitative estimate of drug-likeness (QED) is 0.738. The van der Waals surface area contributed by atoms with Gasteiger partial charge in [0.1, 0.15) is 0 Å². The van der Waals surface area contributed by atoms with Gasteiger partial charge in [-0.2, -0.15) is 0 Å². The summed E-state index contributed by atoms with van der Waals surface area (Å²) in [5, 5.41) is 0. The zero-order valence-corrected chi connectivity index (χ0v) is 9.87. The van der Waals surface area contributed by atoms with Crippen molar-refractivity contribution >= 4 is 5.97 Å². The van der Waals surface area contributed by atoms with Gasteiger partial charge in [-0.1, -0.05) is 66.7 Å². The van der Waals surface area contributed by atoms with Crippen molar-refractivity contribution < 1.29 is 9.53 Å². The third-order valence-corrected chi connectivity index (χ3v) is 2.09. The second kappa shape index (κ2) is 8.11. The van der Waals surface area contributed by atoms with Gasteiger partial charge in [-0.25, -0.2) is 0 Å². The maximum Gasteiger partial charge on any atom is 0.309 e. The lowest BCUT2D eigenvalue weighted by Gasteiger charge is -1.97. The Bertz CT molecular complexity index is 383. The normalized spacial score (nSPS) is 8.76. The van der Waals surface area contributed by atoms with E-state index in [1.807, 2.05) is 66.7 Å². The third kappa shape index (κ3) is 6.15. The minimum Gasteiger partial charge on any atom is -0.469 e. The van der Waals surface area contributed by atoms with Crippen LogP contribution in [0.5, 0.6) is 0 Å². The summed E-state index contributed by atoms with van der Waals surface area (Å²) in [6, 6.07) is 21.5. The highest BCUT2D eigenvalue weighted by atomic mass is 16.5. The largest absolute Gasteiger partial charge is 0.469 e. The maximum atomic E-state index is 10.8. The molecule has 2 heteroatoms. The number of methoxy groups -OCH3 is 1. The molecule has 0 bridgehead atoms. The molecule has 0 N–H and O–H groups in total. The zero-order chi connectivity index (χ0) is 12.3. The van der Waals surface area contributed by atoms with E-state index in [9.17, 15) is 4.79 Å². The smallest absolute Gasteiger partial charge is 0.309 e. The summed E-state index contributed by atoms with van der Waals surface area (Å²) in [5.41, 5.74) is 0.986. The van der Waals surface area contributed by atoms with E-state index in [1.54, 1.807) is 0 Å². The molecule has 0 spiro atoms. The first kappa shape index (κ1) is 13.0. The van der Waals surface area contributed by atoms with E-state index in [0.29, 0.717) is 6.42 Å². The van der Waals surface area contributed by atoms with Gasteiger partial charge in [0.25, 0.3) is 0 Å². The number of ether oxygens (including phenoxy) is 1. The topological polar surface area (TPSA) is 26.3 Å². The molecule has 88 valence electrons. The van der Waals surface area contributed by atoms with Crippen molar-refractivity contribution in [3.63, 3.8) is 0 Å². The highest BCUT2D eigenvalue weighted by molar-refractivity contribution is 5.72. The molecule has 0 amide bonds. The fraction of sp³-hybridized carbons (Fsp3) is 0.133. The summed E-state index contributed by atoms with van der Waals surface area (Å²) < 4.78 is 4.52. The Morgan fingerprint density at radius 1 is 0.882 bits per heavy atom. The molecule has 2 rings (SSSR count). The van der Waals surface area contributed by atoms with E-state index >= 15 is 0 Å². The van der Waals surface area contributed by atoms with Gasteiger partial charge in [-0.3, -0.25) is 4.79 Å². The van der Waals surface area contributed by atoms with Crippen LogP contribution in [0.1, 0.15) is 5.56 Å². The Balaban J connectivity index is 0.000000202. The van der Waals surface area contributed by atoms with Crippen LogP contribution in [-0.4, -0.2) is 13.1 Å². The van der Waals surface area contributed by atoms with E-state index in [4.69, 9.17) is 0 Å². The van der Waals surface area contributed by atoms with Gasteiger partial charge >= 0.3 is 5.97 Å². The van der Waals surface area contributed by atoms with Crippen LogP contribution in [0, 0.1) is 0 Å². The predicted molar refractivity (Wildman–Crippen MR) is 68.6 cm³/mol. The molecule has 2 aromatic rings. The van der Waals surface area contributed by atoms with Crippen molar-refractivity contribution in [2.24, 2.45) is 0 Å². The summed E-state index contributed by atoms with van der Waals surface area (Å²) in [6.45, 7) is 0. The Morgan fingerprint density at radius 3 is 1.71 bits per heavy atom. The molecule has 0 atom stereocenters. The lowest BCUT2D eigenvalue weighted by molar-refractivity contribution is -0.139. The molecular formula is C15H16O2. The van der Waals surface area contributed by atoms with Gasteiger partial charge in [-0.15, -0.1) is 0 Å². The first-order chi connectivity index (χ1) is 8.33. The Morgan fingerprint density at radius 2 is 1.29 bits per heavy atom. The van der Waals surface area contributed by atoms with Crippen molar-refractivity contribution in [3.8, 4) is 0 Å². The molecule has 0 aliphatic heterocycles. The number of rotatable bonds is 2. The van der Waals surface area contributed by atoms with Crippen molar-refractivity contribution in [1.82, 2.24) is 0 Å². The number of hydrogen-bond acceptors (Lipinski definition) is 2. The van der Waals surface area contributed by atoms with Gasteiger partial charge in [0, 0.05) is 0 Å². The van der Waals surface area contributed by atoms with Crippen LogP contribution in [0.25, 0.3) is 0 Å². The molecule has 0 saturated heterocycles. The molecule has 0 unspecified atom stereocenters. The molecule has 0 saturated carbocycles. The molecule has 17 heavy (non-hydrogen) atoms. The second-order valence-electron chi connectivity index (χ2n) is 3.39. The minimum absolute atomic E-state index is 0.198. The Labute approximate surface area is 102 Å². The van der Waals surface area contributed by atoms with E-state index in [0.717, 1.165) is 5.56 Å². The van der Waals surface area contributed by atoms with Crippen molar-refractivity contribution in [3.05, 3.63) is 72.3 Å². The molecular weight excluding hydrogens is 212 g/mol. The van der Waals surface area contributed by atoms with Gasteiger partial charge in [0.05, 0.1) is 13.5 Å². The minimum atomic E-state index is -0.198. The molecule has 0 aliphatic rings. The van der Waals surface area contributed by atoms with Crippen LogP contribution in [0.3, 0.4) is 0 Å². The standard InChI is InChI=1S/C9H10O2.C6H6/c1-11-9(10)7-8-5-3-2-4-6-8;1-2-4-6-5-3-1/h2-6H,7H2,1H3;1-6H. The number of carbonyl (C=O) groups is 1. The van der Waals surface area contributed by atoms with E-state index < -0.39 is 0 Å². The van der Waals surface area contributed by atoms with Gasteiger partial charge in [-0.05, 0) is 5.56 Å². The molecule has 0 fully saturated rings. The summed E-state index contributed by atoms with van der Waals surface area (Å²) in [5.74, 6) is -0.198. The number of hydrogen-bond donors (Lipinski definition) is 0. The SMILES string of the molecule is COC(=O)Cc1ccccc1.c1ccccc1. The first-order valence-electron chi connectivity index (χ1n) is 5.43. The monoisotopic (exact) mass is 228 g/mol. The molecule has 0 aromatic heterocycles. The lowest BCUT2D eigenvalue weighted by Crippen LogP contribution is -2.03. The van der Waals surface area contributed by atoms with Crippen LogP contribution in [0.15, 0.2) is 66.7 Å². The maximum absolute atomic E-state index is 10.8. The van der Waals surface area contributed by atoms with Crippen LogP contribution in [0.2, 0.25) is 0 Å². The summed E-state index contributed by atoms with van der Waals surface area (Å²) >= 11 is 0. The first-order valence-corrected chi connectivity index (χ1v) is 5.43. The van der Waals surface area contributed by atoms with E-state index in [2.05, 4.69) is 4.74 Å². The number of benzene rings is 2. The van der Waals surface area contributed by atoms with Gasteiger partial charge < -0.3 is 4.74 Å². The third-order valence-electron chi connectivity index (χ3n) is 2.09. The van der Waals surface area contributed by atoms with Gasteiger partial charge in [0.15, 0.2) is 0 Å². The molecule has 2 nitrogen and oxygen atoms in total. The van der Waals surface area contributed by atoms with Crippen LogP contribution in [-0.2, 0) is 16.0 Å². The number of carbonyl (C=O) groups excluding carboxylic acids is 1. The molecule has 0 radical (unpaired) electrons. The second-order valence-corrected chi connectivity index (χ2v) is 3.39.